The van der Waals surface area contributed by atoms with Crippen LogP contribution in [0.3, 0.4) is 0 Å². The third-order valence-corrected chi connectivity index (χ3v) is 1.70. The van der Waals surface area contributed by atoms with Crippen molar-refractivity contribution in [1.29, 1.82) is 0 Å². The Balaban J connectivity index is 2.73. The van der Waals surface area contributed by atoms with Crippen LogP contribution >= 0.6 is 0 Å². The molecule has 0 spiro atoms. The lowest BCUT2D eigenvalue weighted by molar-refractivity contribution is 0.568. The van der Waals surface area contributed by atoms with E-state index < -0.39 is 0 Å². The molecule has 0 aliphatic carbocycles. The maximum absolute atomic E-state index is 4.39. The van der Waals surface area contributed by atoms with Gasteiger partial charge in [-0.25, -0.2) is 9.98 Å². The van der Waals surface area contributed by atoms with Crippen LogP contribution in [0.5, 0.6) is 0 Å². The molecule has 4 nitrogen and oxygen atoms in total. The van der Waals surface area contributed by atoms with E-state index in [1.807, 2.05) is 25.9 Å². The molecule has 1 aliphatic heterocycles. The molecule has 1 unspecified atom stereocenters. The highest BCUT2D eigenvalue weighted by molar-refractivity contribution is 5.99. The van der Waals surface area contributed by atoms with Gasteiger partial charge < -0.3 is 10.2 Å². The smallest absolute Gasteiger partial charge is 0.201 e. The van der Waals surface area contributed by atoms with Crippen molar-refractivity contribution in [3.8, 4) is 0 Å². The fourth-order valence-electron chi connectivity index (χ4n) is 1.03. The summed E-state index contributed by atoms with van der Waals surface area (Å²) < 4.78 is 0. The lowest BCUT2D eigenvalue weighted by Gasteiger charge is -2.23. The molecule has 0 fully saturated rings. The number of rotatable bonds is 1. The van der Waals surface area contributed by atoms with Gasteiger partial charge in [0.25, 0.3) is 0 Å². The average molecular weight is 168 g/mol. The third kappa shape index (κ3) is 1.96. The van der Waals surface area contributed by atoms with Crippen molar-refractivity contribution < 1.29 is 0 Å². The number of nitrogens with zero attached hydrogens (tertiary/aromatic N) is 3. The first-order chi connectivity index (χ1) is 5.63. The summed E-state index contributed by atoms with van der Waals surface area (Å²) in [5, 5.41) is 3.11. The Morgan fingerprint density at radius 3 is 2.58 bits per heavy atom. The fraction of sp³-hybridized carbons (Fsp3) is 0.750. The van der Waals surface area contributed by atoms with Crippen LogP contribution in [0.1, 0.15) is 20.3 Å². The first-order valence-corrected chi connectivity index (χ1v) is 4.20. The van der Waals surface area contributed by atoms with Gasteiger partial charge in [0.1, 0.15) is 12.0 Å². The van der Waals surface area contributed by atoms with Crippen LogP contribution in [0.15, 0.2) is 9.98 Å². The van der Waals surface area contributed by atoms with Crippen molar-refractivity contribution in [3.05, 3.63) is 0 Å². The maximum atomic E-state index is 4.39. The van der Waals surface area contributed by atoms with Gasteiger partial charge in [-0.3, -0.25) is 0 Å². The van der Waals surface area contributed by atoms with Crippen molar-refractivity contribution in [2.75, 3.05) is 14.1 Å². The van der Waals surface area contributed by atoms with Crippen LogP contribution in [0.2, 0.25) is 0 Å². The van der Waals surface area contributed by atoms with Crippen molar-refractivity contribution in [2.24, 2.45) is 9.98 Å². The average Bonchev–Trinajstić information content (AvgIpc) is 2.03. The van der Waals surface area contributed by atoms with E-state index in [-0.39, 0.29) is 6.17 Å². The van der Waals surface area contributed by atoms with Crippen LogP contribution in [0, 0.1) is 0 Å². The Morgan fingerprint density at radius 2 is 2.08 bits per heavy atom. The Bertz CT molecular complexity index is 217. The second-order valence-electron chi connectivity index (χ2n) is 3.08. The molecule has 0 radical (unpaired) electrons. The Kier molecular flexibility index (Phi) is 2.68. The molecule has 1 atom stereocenters. The number of amidine groups is 1. The van der Waals surface area contributed by atoms with Crippen molar-refractivity contribution >= 4 is 11.8 Å². The molecule has 0 saturated carbocycles. The molecule has 0 aromatic rings. The first-order valence-electron chi connectivity index (χ1n) is 4.20. The highest BCUT2D eigenvalue weighted by Crippen LogP contribution is 2.04. The van der Waals surface area contributed by atoms with E-state index in [0.717, 1.165) is 18.2 Å². The molecule has 1 N–H and O–H groups in total. The summed E-state index contributed by atoms with van der Waals surface area (Å²) in [7, 11) is 3.94. The minimum Gasteiger partial charge on any atom is -0.349 e. The lowest BCUT2D eigenvalue weighted by atomic mass is 10.4. The summed E-state index contributed by atoms with van der Waals surface area (Å²) in [5.74, 6) is 1.84. The van der Waals surface area contributed by atoms with E-state index in [0.29, 0.717) is 0 Å². The third-order valence-electron chi connectivity index (χ3n) is 1.70. The van der Waals surface area contributed by atoms with Crippen LogP contribution in [0.4, 0.5) is 0 Å². The summed E-state index contributed by atoms with van der Waals surface area (Å²) in [6.45, 7) is 4.05. The second kappa shape index (κ2) is 3.56. The molecule has 1 aliphatic rings. The molecule has 1 heterocycles. The standard InChI is InChI=1S/C8H16N4/c1-5-7-9-6(2)10-8(11-7)12(3)4/h7H,5H2,1-4H3,(H,9,10,11). The number of hydrogen-bond acceptors (Lipinski definition) is 4. The lowest BCUT2D eigenvalue weighted by Crippen LogP contribution is -2.43. The molecular formula is C8H16N4. The van der Waals surface area contributed by atoms with Gasteiger partial charge in [-0.05, 0) is 13.3 Å². The van der Waals surface area contributed by atoms with E-state index >= 15 is 0 Å². The highest BCUT2D eigenvalue weighted by atomic mass is 15.3. The van der Waals surface area contributed by atoms with Gasteiger partial charge >= 0.3 is 0 Å². The van der Waals surface area contributed by atoms with Crippen molar-refractivity contribution in [1.82, 2.24) is 10.2 Å². The molecule has 0 aromatic carbocycles. The topological polar surface area (TPSA) is 40.0 Å². The van der Waals surface area contributed by atoms with Gasteiger partial charge in [-0.15, -0.1) is 0 Å². The van der Waals surface area contributed by atoms with Gasteiger partial charge in [0.05, 0.1) is 0 Å². The van der Waals surface area contributed by atoms with E-state index in [4.69, 9.17) is 0 Å². The summed E-state index contributed by atoms with van der Waals surface area (Å²) in [4.78, 5) is 10.7. The highest BCUT2D eigenvalue weighted by Gasteiger charge is 2.12. The van der Waals surface area contributed by atoms with E-state index in [1.54, 1.807) is 0 Å². The van der Waals surface area contributed by atoms with Crippen LogP contribution in [0.25, 0.3) is 0 Å². The quantitative estimate of drug-likeness (QED) is 0.625. The van der Waals surface area contributed by atoms with Crippen molar-refractivity contribution in [2.45, 2.75) is 26.4 Å². The Labute approximate surface area is 73.4 Å². The molecule has 1 rings (SSSR count). The molecular weight excluding hydrogens is 152 g/mol. The Morgan fingerprint density at radius 1 is 1.42 bits per heavy atom. The summed E-state index contributed by atoms with van der Waals surface area (Å²) >= 11 is 0. The monoisotopic (exact) mass is 168 g/mol. The van der Waals surface area contributed by atoms with Gasteiger partial charge in [0.15, 0.2) is 0 Å². The zero-order chi connectivity index (χ0) is 9.14. The minimum atomic E-state index is 0.101. The first kappa shape index (κ1) is 9.03. The van der Waals surface area contributed by atoms with Gasteiger partial charge in [-0.2, -0.15) is 0 Å². The zero-order valence-electron chi connectivity index (χ0n) is 8.13. The number of nitrogens with one attached hydrogen (secondary N) is 1. The normalized spacial score (nSPS) is 22.5. The van der Waals surface area contributed by atoms with E-state index in [1.165, 1.54) is 0 Å². The number of hydrogen-bond donors (Lipinski definition) is 1. The maximum Gasteiger partial charge on any atom is 0.201 e. The van der Waals surface area contributed by atoms with Gasteiger partial charge in [0.2, 0.25) is 5.96 Å². The van der Waals surface area contributed by atoms with Crippen LogP contribution in [-0.2, 0) is 0 Å². The van der Waals surface area contributed by atoms with E-state index in [2.05, 4.69) is 22.2 Å². The van der Waals surface area contributed by atoms with Crippen LogP contribution in [-0.4, -0.2) is 37.0 Å². The second-order valence-corrected chi connectivity index (χ2v) is 3.08. The minimum absolute atomic E-state index is 0.101. The van der Waals surface area contributed by atoms with Gasteiger partial charge in [-0.1, -0.05) is 6.92 Å². The van der Waals surface area contributed by atoms with Gasteiger partial charge in [0, 0.05) is 14.1 Å². The predicted molar refractivity (Wildman–Crippen MR) is 51.4 cm³/mol. The summed E-state index contributed by atoms with van der Waals surface area (Å²) in [6.07, 6.45) is 1.06. The van der Waals surface area contributed by atoms with E-state index in [9.17, 15) is 0 Å². The van der Waals surface area contributed by atoms with Crippen molar-refractivity contribution in [3.63, 3.8) is 0 Å². The molecule has 12 heavy (non-hydrogen) atoms. The predicted octanol–water partition coefficient (Wildman–Crippen LogP) is 0.662. The zero-order valence-corrected chi connectivity index (χ0v) is 8.13. The molecule has 0 aromatic heterocycles. The summed E-state index contributed by atoms with van der Waals surface area (Å²) in [6, 6.07) is 0. The summed E-state index contributed by atoms with van der Waals surface area (Å²) in [5.41, 5.74) is 0. The molecule has 4 heteroatoms. The Hall–Kier alpha value is -1.06. The molecule has 0 amide bonds. The molecule has 0 bridgehead atoms. The fourth-order valence-corrected chi connectivity index (χ4v) is 1.03. The number of guanidine groups is 1. The largest absolute Gasteiger partial charge is 0.349 e. The number of aliphatic imine (C=N–C) groups is 2. The molecule has 0 saturated heterocycles. The van der Waals surface area contributed by atoms with Crippen LogP contribution < -0.4 is 5.32 Å². The SMILES string of the molecule is CCC1N=C(C)NC(N(C)C)=N1. The molecule has 68 valence electrons.